The van der Waals surface area contributed by atoms with Gasteiger partial charge in [-0.2, -0.15) is 9.97 Å². The van der Waals surface area contributed by atoms with Gasteiger partial charge in [0, 0.05) is 42.9 Å². The zero-order valence-corrected chi connectivity index (χ0v) is 25.4. The molecular formula is C34H39F2N5O3. The fourth-order valence-corrected chi connectivity index (χ4v) is 7.89. The summed E-state index contributed by atoms with van der Waals surface area (Å²) in [6.07, 6.45) is 8.42. The number of hydrogen-bond acceptors (Lipinski definition) is 8. The second kappa shape index (κ2) is 11.7. The van der Waals surface area contributed by atoms with E-state index >= 15 is 4.39 Å². The molecule has 2 atom stereocenters. The van der Waals surface area contributed by atoms with Crippen LogP contribution in [0.5, 0.6) is 11.8 Å². The summed E-state index contributed by atoms with van der Waals surface area (Å²) in [6.45, 7) is 5.90. The van der Waals surface area contributed by atoms with E-state index < -0.39 is 5.82 Å². The minimum Gasteiger partial charge on any atom is -0.508 e. The van der Waals surface area contributed by atoms with Crippen molar-refractivity contribution in [2.24, 2.45) is 5.41 Å². The molecule has 2 aromatic carbocycles. The SMILES string of the molecule is CCc1c(F)ccc2cc(O)cc(-c3ncc4c(N5CCCOCC5)nc(OC[C@]56CCCC5N(C)CCC6)nc4c3F)c12. The molecule has 1 N–H and O–H groups in total. The summed E-state index contributed by atoms with van der Waals surface area (Å²) < 4.78 is 43.8. The minimum absolute atomic E-state index is 0.00291. The maximum atomic E-state index is 16.8. The van der Waals surface area contributed by atoms with E-state index in [0.717, 1.165) is 45.1 Å². The lowest BCUT2D eigenvalue weighted by Gasteiger charge is -2.44. The molecule has 0 bridgehead atoms. The number of aromatic nitrogens is 3. The van der Waals surface area contributed by atoms with Crippen molar-refractivity contribution in [1.82, 2.24) is 19.9 Å². The van der Waals surface area contributed by atoms with Gasteiger partial charge >= 0.3 is 6.01 Å². The molecule has 4 aromatic rings. The Kier molecular flexibility index (Phi) is 7.74. The van der Waals surface area contributed by atoms with Gasteiger partial charge in [-0.25, -0.2) is 8.78 Å². The molecule has 2 aromatic heterocycles. The molecule has 7 rings (SSSR count). The van der Waals surface area contributed by atoms with E-state index in [1.807, 2.05) is 6.92 Å². The lowest BCUT2D eigenvalue weighted by molar-refractivity contribution is 0.0133. The molecule has 0 amide bonds. The summed E-state index contributed by atoms with van der Waals surface area (Å²) in [5, 5.41) is 12.2. The predicted octanol–water partition coefficient (Wildman–Crippen LogP) is 6.26. The van der Waals surface area contributed by atoms with Crippen LogP contribution in [0.4, 0.5) is 14.6 Å². The standard InChI is InChI=1S/C34H39F2N5O3/c1-3-23-26(35)9-8-21-17-22(42)18-24(28(21)23)30-29(36)31-25(19-37-30)32(41-13-6-15-43-16-14-41)39-33(38-31)44-20-34-10-4-7-27(34)40(2)12-5-11-34/h8-9,17-19,27,42H,3-7,10-16,20H2,1-2H3/t27?,34-/m1/s1. The van der Waals surface area contributed by atoms with Crippen molar-refractivity contribution in [2.45, 2.75) is 57.9 Å². The predicted molar refractivity (Wildman–Crippen MR) is 166 cm³/mol. The van der Waals surface area contributed by atoms with Crippen molar-refractivity contribution in [3.8, 4) is 23.0 Å². The van der Waals surface area contributed by atoms with Crippen LogP contribution in [0, 0.1) is 17.0 Å². The van der Waals surface area contributed by atoms with Crippen LogP contribution in [0.25, 0.3) is 32.9 Å². The lowest BCUT2D eigenvalue weighted by atomic mass is 9.76. The molecule has 232 valence electrons. The first-order valence-electron chi connectivity index (χ1n) is 15.8. The van der Waals surface area contributed by atoms with Crippen LogP contribution in [0.3, 0.4) is 0 Å². The van der Waals surface area contributed by atoms with Crippen molar-refractivity contribution in [1.29, 1.82) is 0 Å². The highest BCUT2D eigenvalue weighted by Gasteiger charge is 2.47. The monoisotopic (exact) mass is 603 g/mol. The van der Waals surface area contributed by atoms with Gasteiger partial charge in [-0.1, -0.05) is 19.4 Å². The van der Waals surface area contributed by atoms with E-state index in [-0.39, 0.29) is 34.2 Å². The Morgan fingerprint density at radius 2 is 1.93 bits per heavy atom. The lowest BCUT2D eigenvalue weighted by Crippen LogP contribution is -2.50. The topological polar surface area (TPSA) is 83.8 Å². The summed E-state index contributed by atoms with van der Waals surface area (Å²) in [7, 11) is 2.20. The van der Waals surface area contributed by atoms with E-state index in [1.54, 1.807) is 18.3 Å². The minimum atomic E-state index is -0.658. The van der Waals surface area contributed by atoms with E-state index in [0.29, 0.717) is 78.5 Å². The number of likely N-dealkylation sites (tertiary alicyclic amines) is 1. The van der Waals surface area contributed by atoms with Crippen LogP contribution in [-0.4, -0.2) is 77.5 Å². The number of halogens is 2. The van der Waals surface area contributed by atoms with Crippen LogP contribution in [0.15, 0.2) is 30.5 Å². The Morgan fingerprint density at radius 3 is 2.80 bits per heavy atom. The van der Waals surface area contributed by atoms with Crippen LogP contribution < -0.4 is 9.64 Å². The number of fused-ring (bicyclic) bond motifs is 3. The Labute approximate surface area is 256 Å². The molecule has 3 aliphatic rings. The number of nitrogens with zero attached hydrogens (tertiary/aromatic N) is 5. The number of aromatic hydroxyl groups is 1. The van der Waals surface area contributed by atoms with Crippen molar-refractivity contribution in [3.05, 3.63) is 47.7 Å². The molecule has 1 saturated carbocycles. The Morgan fingerprint density at radius 1 is 1.07 bits per heavy atom. The number of phenolic OH excluding ortho intramolecular Hbond substituents is 1. The molecule has 8 nitrogen and oxygen atoms in total. The Balaban J connectivity index is 1.37. The largest absolute Gasteiger partial charge is 0.508 e. The Bertz CT molecular complexity index is 1710. The second-order valence-electron chi connectivity index (χ2n) is 12.6. The highest BCUT2D eigenvalue weighted by atomic mass is 19.1. The summed E-state index contributed by atoms with van der Waals surface area (Å²) in [5.74, 6) is -0.526. The molecule has 0 spiro atoms. The van der Waals surface area contributed by atoms with Gasteiger partial charge in [-0.05, 0) is 86.7 Å². The molecule has 4 heterocycles. The van der Waals surface area contributed by atoms with Crippen molar-refractivity contribution >= 4 is 27.5 Å². The summed E-state index contributed by atoms with van der Waals surface area (Å²) in [6, 6.07) is 6.58. The quantitative estimate of drug-likeness (QED) is 0.277. The highest BCUT2D eigenvalue weighted by Crippen LogP contribution is 2.47. The van der Waals surface area contributed by atoms with E-state index in [9.17, 15) is 9.50 Å². The first-order chi connectivity index (χ1) is 21.4. The van der Waals surface area contributed by atoms with Crippen LogP contribution in [0.1, 0.15) is 51.0 Å². The van der Waals surface area contributed by atoms with Crippen molar-refractivity contribution in [3.63, 3.8) is 0 Å². The number of hydrogen-bond donors (Lipinski definition) is 1. The van der Waals surface area contributed by atoms with Gasteiger partial charge in [-0.15, -0.1) is 0 Å². The normalized spacial score (nSPS) is 22.8. The number of anilines is 1. The number of aryl methyl sites for hydroxylation is 1. The summed E-state index contributed by atoms with van der Waals surface area (Å²) >= 11 is 0. The average Bonchev–Trinajstić information content (AvgIpc) is 3.28. The Hall–Kier alpha value is -3.63. The van der Waals surface area contributed by atoms with Crippen LogP contribution in [0.2, 0.25) is 0 Å². The second-order valence-corrected chi connectivity index (χ2v) is 12.6. The van der Waals surface area contributed by atoms with Crippen molar-refractivity contribution < 1.29 is 23.4 Å². The molecule has 10 heteroatoms. The number of rotatable bonds is 6. The van der Waals surface area contributed by atoms with Crippen molar-refractivity contribution in [2.75, 3.05) is 51.4 Å². The molecule has 1 aliphatic carbocycles. The zero-order valence-electron chi connectivity index (χ0n) is 25.4. The summed E-state index contributed by atoms with van der Waals surface area (Å²) in [4.78, 5) is 18.6. The van der Waals surface area contributed by atoms with Gasteiger partial charge < -0.3 is 24.4 Å². The maximum Gasteiger partial charge on any atom is 0.319 e. The van der Waals surface area contributed by atoms with E-state index in [4.69, 9.17) is 14.5 Å². The molecule has 0 radical (unpaired) electrons. The highest BCUT2D eigenvalue weighted by molar-refractivity contribution is 6.01. The van der Waals surface area contributed by atoms with Crippen LogP contribution >= 0.6 is 0 Å². The third-order valence-electron chi connectivity index (χ3n) is 9.99. The van der Waals surface area contributed by atoms with Gasteiger partial charge in [-0.3, -0.25) is 4.98 Å². The first-order valence-corrected chi connectivity index (χ1v) is 15.8. The molecular weight excluding hydrogens is 564 g/mol. The number of ether oxygens (including phenoxy) is 2. The fraction of sp³-hybridized carbons (Fsp3) is 0.500. The molecule has 44 heavy (non-hydrogen) atoms. The molecule has 3 fully saturated rings. The van der Waals surface area contributed by atoms with Gasteiger partial charge in [0.2, 0.25) is 0 Å². The van der Waals surface area contributed by atoms with Crippen LogP contribution in [-0.2, 0) is 11.2 Å². The first kappa shape index (κ1) is 29.1. The average molecular weight is 604 g/mol. The smallest absolute Gasteiger partial charge is 0.319 e. The number of piperidine rings is 1. The fourth-order valence-electron chi connectivity index (χ4n) is 7.89. The third-order valence-corrected chi connectivity index (χ3v) is 9.99. The molecule has 2 aliphatic heterocycles. The van der Waals surface area contributed by atoms with Gasteiger partial charge in [0.25, 0.3) is 0 Å². The number of benzene rings is 2. The zero-order chi connectivity index (χ0) is 30.4. The van der Waals surface area contributed by atoms with Gasteiger partial charge in [0.05, 0.1) is 18.6 Å². The third kappa shape index (κ3) is 5.01. The van der Waals surface area contributed by atoms with E-state index in [1.165, 1.54) is 12.1 Å². The maximum absolute atomic E-state index is 16.8. The van der Waals surface area contributed by atoms with Gasteiger partial charge in [0.15, 0.2) is 5.82 Å². The molecule has 2 saturated heterocycles. The molecule has 1 unspecified atom stereocenters. The number of phenols is 1. The summed E-state index contributed by atoms with van der Waals surface area (Å²) in [5.41, 5.74) is 0.882. The number of pyridine rings is 1. The van der Waals surface area contributed by atoms with Gasteiger partial charge in [0.1, 0.15) is 28.6 Å². The van der Waals surface area contributed by atoms with E-state index in [2.05, 4.69) is 26.8 Å².